The molecule has 0 unspecified atom stereocenters. The number of rotatable bonds is 5. The minimum Gasteiger partial charge on any atom is -0.263 e. The van der Waals surface area contributed by atoms with Crippen LogP contribution in [0.3, 0.4) is 0 Å². The first-order valence-corrected chi connectivity index (χ1v) is 7.50. The molecule has 1 heterocycles. The molecule has 0 aliphatic heterocycles. The Hall–Kier alpha value is -1.68. The second-order valence-electron chi connectivity index (χ2n) is 4.10. The lowest BCUT2D eigenvalue weighted by Gasteiger charge is -2.04. The van der Waals surface area contributed by atoms with Crippen molar-refractivity contribution in [2.45, 2.75) is 17.7 Å². The van der Waals surface area contributed by atoms with E-state index in [0.29, 0.717) is 11.3 Å². The van der Waals surface area contributed by atoms with Crippen LogP contribution in [0.15, 0.2) is 59.8 Å². The van der Waals surface area contributed by atoms with Gasteiger partial charge in [0.15, 0.2) is 9.84 Å². The summed E-state index contributed by atoms with van der Waals surface area (Å²) in [6, 6.07) is 13.1. The van der Waals surface area contributed by atoms with E-state index < -0.39 is 9.84 Å². The molecule has 2 aromatic rings. The van der Waals surface area contributed by atoms with Crippen molar-refractivity contribution in [2.24, 2.45) is 0 Å². The van der Waals surface area contributed by atoms with Crippen LogP contribution >= 0.6 is 0 Å². The summed E-state index contributed by atoms with van der Waals surface area (Å²) in [7, 11) is -3.19. The van der Waals surface area contributed by atoms with Crippen LogP contribution in [0.2, 0.25) is 0 Å². The van der Waals surface area contributed by atoms with E-state index in [2.05, 4.69) is 4.98 Å². The van der Waals surface area contributed by atoms with E-state index in [1.807, 2.05) is 30.3 Å². The molecule has 0 radical (unpaired) electrons. The van der Waals surface area contributed by atoms with E-state index >= 15 is 0 Å². The van der Waals surface area contributed by atoms with Crippen LogP contribution in [0.1, 0.15) is 12.0 Å². The van der Waals surface area contributed by atoms with Crippen molar-refractivity contribution in [1.29, 1.82) is 0 Å². The van der Waals surface area contributed by atoms with E-state index in [-0.39, 0.29) is 5.75 Å². The van der Waals surface area contributed by atoms with Crippen LogP contribution in [-0.2, 0) is 16.3 Å². The number of pyridine rings is 1. The number of benzene rings is 1. The Morgan fingerprint density at radius 1 is 1.00 bits per heavy atom. The monoisotopic (exact) mass is 261 g/mol. The maximum atomic E-state index is 12.0. The minimum atomic E-state index is -3.19. The van der Waals surface area contributed by atoms with Gasteiger partial charge in [-0.15, -0.1) is 0 Å². The van der Waals surface area contributed by atoms with E-state index in [4.69, 9.17) is 0 Å². The molecule has 3 nitrogen and oxygen atoms in total. The number of sulfone groups is 1. The third kappa shape index (κ3) is 3.40. The predicted molar refractivity (Wildman–Crippen MR) is 71.1 cm³/mol. The number of hydrogen-bond acceptors (Lipinski definition) is 3. The molecule has 0 bridgehead atoms. The Balaban J connectivity index is 1.95. The fourth-order valence-electron chi connectivity index (χ4n) is 1.76. The molecule has 0 aliphatic carbocycles. The molecule has 2 rings (SSSR count). The summed E-state index contributed by atoms with van der Waals surface area (Å²) in [4.78, 5) is 4.14. The van der Waals surface area contributed by atoms with Crippen molar-refractivity contribution < 1.29 is 8.42 Å². The molecule has 0 saturated carbocycles. The molecule has 1 aromatic heterocycles. The summed E-state index contributed by atoms with van der Waals surface area (Å²) < 4.78 is 24.0. The fourth-order valence-corrected chi connectivity index (χ4v) is 3.03. The highest BCUT2D eigenvalue weighted by Crippen LogP contribution is 2.11. The van der Waals surface area contributed by atoms with Crippen molar-refractivity contribution in [3.8, 4) is 0 Å². The maximum absolute atomic E-state index is 12.0. The first-order chi connectivity index (χ1) is 8.68. The SMILES string of the molecule is O=S(=O)(CCCc1ccccc1)c1cccnc1. The highest BCUT2D eigenvalue weighted by Gasteiger charge is 2.13. The van der Waals surface area contributed by atoms with Crippen LogP contribution < -0.4 is 0 Å². The van der Waals surface area contributed by atoms with Crippen molar-refractivity contribution in [3.05, 3.63) is 60.4 Å². The van der Waals surface area contributed by atoms with Gasteiger partial charge >= 0.3 is 0 Å². The van der Waals surface area contributed by atoms with Gasteiger partial charge in [0, 0.05) is 12.4 Å². The molecule has 0 fully saturated rings. The molecule has 18 heavy (non-hydrogen) atoms. The quantitative estimate of drug-likeness (QED) is 0.830. The average Bonchev–Trinajstić information content (AvgIpc) is 2.41. The average molecular weight is 261 g/mol. The molecule has 0 amide bonds. The number of aryl methyl sites for hydroxylation is 1. The van der Waals surface area contributed by atoms with Gasteiger partial charge < -0.3 is 0 Å². The Morgan fingerprint density at radius 3 is 2.44 bits per heavy atom. The molecular weight excluding hydrogens is 246 g/mol. The fraction of sp³-hybridized carbons (Fsp3) is 0.214. The largest absolute Gasteiger partial charge is 0.263 e. The highest BCUT2D eigenvalue weighted by atomic mass is 32.2. The summed E-state index contributed by atoms with van der Waals surface area (Å²) in [5.74, 6) is 0.160. The Labute approximate surface area is 107 Å². The number of nitrogens with zero attached hydrogens (tertiary/aromatic N) is 1. The zero-order valence-electron chi connectivity index (χ0n) is 9.99. The lowest BCUT2D eigenvalue weighted by molar-refractivity contribution is 0.593. The van der Waals surface area contributed by atoms with E-state index in [1.165, 1.54) is 11.8 Å². The highest BCUT2D eigenvalue weighted by molar-refractivity contribution is 7.91. The number of aromatic nitrogens is 1. The summed E-state index contributed by atoms with van der Waals surface area (Å²) in [5.41, 5.74) is 1.17. The Bertz CT molecular complexity index is 580. The topological polar surface area (TPSA) is 47.0 Å². The van der Waals surface area contributed by atoms with Crippen LogP contribution in [0.25, 0.3) is 0 Å². The molecule has 0 spiro atoms. The van der Waals surface area contributed by atoms with Gasteiger partial charge in [-0.25, -0.2) is 8.42 Å². The third-order valence-corrected chi connectivity index (χ3v) is 4.50. The van der Waals surface area contributed by atoms with Gasteiger partial charge in [0.25, 0.3) is 0 Å². The van der Waals surface area contributed by atoms with Crippen LogP contribution in [0.4, 0.5) is 0 Å². The molecule has 0 saturated heterocycles. The molecule has 1 aromatic carbocycles. The number of hydrogen-bond donors (Lipinski definition) is 0. The van der Waals surface area contributed by atoms with E-state index in [1.54, 1.807) is 18.3 Å². The van der Waals surface area contributed by atoms with Gasteiger partial charge in [-0.3, -0.25) is 4.98 Å². The third-order valence-electron chi connectivity index (χ3n) is 2.71. The molecule has 0 aliphatic rings. The standard InChI is InChI=1S/C14H15NO2S/c16-18(17,14-9-4-10-15-12-14)11-5-8-13-6-2-1-3-7-13/h1-4,6-7,9-10,12H,5,8,11H2. The van der Waals surface area contributed by atoms with Crippen molar-refractivity contribution in [1.82, 2.24) is 4.98 Å². The van der Waals surface area contributed by atoms with Gasteiger partial charge in [-0.05, 0) is 30.5 Å². The smallest absolute Gasteiger partial charge is 0.179 e. The normalized spacial score (nSPS) is 11.3. The summed E-state index contributed by atoms with van der Waals surface area (Å²) in [6.45, 7) is 0. The van der Waals surface area contributed by atoms with Crippen LogP contribution in [0, 0.1) is 0 Å². The summed E-state index contributed by atoms with van der Waals surface area (Å²) in [5, 5.41) is 0. The zero-order chi connectivity index (χ0) is 12.8. The first kappa shape index (κ1) is 12.8. The second kappa shape index (κ2) is 5.78. The predicted octanol–water partition coefficient (Wildman–Crippen LogP) is 2.49. The van der Waals surface area contributed by atoms with Crippen molar-refractivity contribution >= 4 is 9.84 Å². The van der Waals surface area contributed by atoms with E-state index in [9.17, 15) is 8.42 Å². The zero-order valence-corrected chi connectivity index (χ0v) is 10.8. The van der Waals surface area contributed by atoms with Gasteiger partial charge in [-0.2, -0.15) is 0 Å². The van der Waals surface area contributed by atoms with Gasteiger partial charge in [-0.1, -0.05) is 30.3 Å². The van der Waals surface area contributed by atoms with Gasteiger partial charge in [0.05, 0.1) is 10.6 Å². The Kier molecular flexibility index (Phi) is 4.10. The minimum absolute atomic E-state index is 0.160. The van der Waals surface area contributed by atoms with Crippen molar-refractivity contribution in [2.75, 3.05) is 5.75 Å². The second-order valence-corrected chi connectivity index (χ2v) is 6.21. The Morgan fingerprint density at radius 2 is 1.78 bits per heavy atom. The van der Waals surface area contributed by atoms with Crippen LogP contribution in [-0.4, -0.2) is 19.2 Å². The molecular formula is C14H15NO2S. The van der Waals surface area contributed by atoms with Crippen LogP contribution in [0.5, 0.6) is 0 Å². The molecule has 0 atom stereocenters. The maximum Gasteiger partial charge on any atom is 0.179 e. The molecule has 0 N–H and O–H groups in total. The summed E-state index contributed by atoms with van der Waals surface area (Å²) in [6.07, 6.45) is 4.38. The van der Waals surface area contributed by atoms with Gasteiger partial charge in [0.2, 0.25) is 0 Å². The van der Waals surface area contributed by atoms with Gasteiger partial charge in [0.1, 0.15) is 0 Å². The lowest BCUT2D eigenvalue weighted by atomic mass is 10.1. The summed E-state index contributed by atoms with van der Waals surface area (Å²) >= 11 is 0. The van der Waals surface area contributed by atoms with E-state index in [0.717, 1.165) is 6.42 Å². The first-order valence-electron chi connectivity index (χ1n) is 5.85. The lowest BCUT2D eigenvalue weighted by Crippen LogP contribution is -2.08. The van der Waals surface area contributed by atoms with Crippen molar-refractivity contribution in [3.63, 3.8) is 0 Å². The molecule has 94 valence electrons. The molecule has 4 heteroatoms.